The second-order valence-corrected chi connectivity index (χ2v) is 6.54. The van der Waals surface area contributed by atoms with E-state index in [0.717, 1.165) is 37.7 Å². The van der Waals surface area contributed by atoms with Crippen molar-refractivity contribution in [3.05, 3.63) is 35.9 Å². The molecule has 1 atom stereocenters. The Morgan fingerprint density at radius 1 is 1.10 bits per heavy atom. The molecule has 21 heavy (non-hydrogen) atoms. The minimum absolute atomic E-state index is 0.000940. The van der Waals surface area contributed by atoms with Gasteiger partial charge in [0.1, 0.15) is 0 Å². The van der Waals surface area contributed by atoms with Crippen LogP contribution >= 0.6 is 0 Å². The number of rotatable bonds is 6. The average Bonchev–Trinajstić information content (AvgIpc) is 3.39. The van der Waals surface area contributed by atoms with E-state index in [9.17, 15) is 5.11 Å². The minimum atomic E-state index is -0.616. The molecule has 1 aromatic carbocycles. The number of nitrogens with two attached hydrogens (primary N) is 1. The second kappa shape index (κ2) is 6.44. The lowest BCUT2D eigenvalue weighted by Gasteiger charge is -2.37. The van der Waals surface area contributed by atoms with E-state index in [1.54, 1.807) is 0 Å². The molecule has 0 aromatic heterocycles. The monoisotopic (exact) mass is 289 g/mol. The highest BCUT2D eigenvalue weighted by atomic mass is 16.3. The van der Waals surface area contributed by atoms with E-state index in [-0.39, 0.29) is 6.61 Å². The zero-order valence-electron chi connectivity index (χ0n) is 12.7. The number of hydrogen-bond donors (Lipinski definition) is 2. The van der Waals surface area contributed by atoms with Crippen LogP contribution in [0.15, 0.2) is 30.3 Å². The fourth-order valence-corrected chi connectivity index (χ4v) is 3.23. The zero-order valence-corrected chi connectivity index (χ0v) is 12.7. The molecule has 0 amide bonds. The van der Waals surface area contributed by atoms with Gasteiger partial charge in [-0.3, -0.25) is 4.90 Å². The minimum Gasteiger partial charge on any atom is -0.394 e. The van der Waals surface area contributed by atoms with Gasteiger partial charge in [-0.25, -0.2) is 0 Å². The van der Waals surface area contributed by atoms with E-state index < -0.39 is 5.54 Å². The summed E-state index contributed by atoms with van der Waals surface area (Å²) in [6.07, 6.45) is 3.59. The van der Waals surface area contributed by atoms with Gasteiger partial charge in [-0.1, -0.05) is 30.3 Å². The van der Waals surface area contributed by atoms with Gasteiger partial charge in [0.15, 0.2) is 0 Å². The Bertz CT molecular complexity index is 441. The Morgan fingerprint density at radius 3 is 2.33 bits per heavy atom. The van der Waals surface area contributed by atoms with Gasteiger partial charge in [0.2, 0.25) is 0 Å². The van der Waals surface area contributed by atoms with Gasteiger partial charge < -0.3 is 15.7 Å². The van der Waals surface area contributed by atoms with Crippen LogP contribution in [0.4, 0.5) is 0 Å². The summed E-state index contributed by atoms with van der Waals surface area (Å²) in [5, 5.41) is 9.74. The number of piperazine rings is 1. The van der Waals surface area contributed by atoms with E-state index in [2.05, 4.69) is 9.80 Å². The maximum atomic E-state index is 9.74. The third kappa shape index (κ3) is 3.64. The molecule has 0 radical (unpaired) electrons. The molecule has 2 aliphatic rings. The third-order valence-electron chi connectivity index (χ3n) is 4.98. The van der Waals surface area contributed by atoms with Crippen molar-refractivity contribution in [2.75, 3.05) is 39.3 Å². The Labute approximate surface area is 127 Å². The normalized spacial score (nSPS) is 23.9. The smallest absolute Gasteiger partial charge is 0.0656 e. The Morgan fingerprint density at radius 2 is 1.76 bits per heavy atom. The average molecular weight is 289 g/mol. The second-order valence-electron chi connectivity index (χ2n) is 6.54. The van der Waals surface area contributed by atoms with Crippen LogP contribution in [0.5, 0.6) is 0 Å². The zero-order chi connectivity index (χ0) is 14.7. The first-order chi connectivity index (χ1) is 10.2. The molecule has 3 N–H and O–H groups in total. The SMILES string of the molecule is NC(CO)(CCN1CCN(C2CC2)CC1)c1ccccc1. The van der Waals surface area contributed by atoms with E-state index in [1.807, 2.05) is 30.3 Å². The van der Waals surface area contributed by atoms with Crippen LogP contribution in [-0.4, -0.2) is 60.3 Å². The van der Waals surface area contributed by atoms with Crippen LogP contribution in [0, 0.1) is 0 Å². The van der Waals surface area contributed by atoms with E-state index in [1.165, 1.54) is 25.9 Å². The molecule has 0 spiro atoms. The fraction of sp³-hybridized carbons (Fsp3) is 0.647. The maximum absolute atomic E-state index is 9.74. The molecular formula is C17H27N3O. The number of benzene rings is 1. The van der Waals surface area contributed by atoms with Crippen LogP contribution < -0.4 is 5.73 Å². The van der Waals surface area contributed by atoms with E-state index in [4.69, 9.17) is 5.73 Å². The van der Waals surface area contributed by atoms with Gasteiger partial charge in [0, 0.05) is 38.8 Å². The lowest BCUT2D eigenvalue weighted by Crippen LogP contribution is -2.50. The number of aliphatic hydroxyl groups is 1. The van der Waals surface area contributed by atoms with Crippen molar-refractivity contribution in [1.29, 1.82) is 0 Å². The molecule has 1 unspecified atom stereocenters. The molecule has 1 saturated carbocycles. The Hall–Kier alpha value is -0.940. The highest BCUT2D eigenvalue weighted by molar-refractivity contribution is 5.24. The largest absolute Gasteiger partial charge is 0.394 e. The van der Waals surface area contributed by atoms with Crippen molar-refractivity contribution < 1.29 is 5.11 Å². The molecule has 3 rings (SSSR count). The topological polar surface area (TPSA) is 52.7 Å². The highest BCUT2D eigenvalue weighted by Gasteiger charge is 2.32. The summed E-state index contributed by atoms with van der Waals surface area (Å²) in [4.78, 5) is 5.11. The molecule has 4 heteroatoms. The molecule has 1 aromatic rings. The summed E-state index contributed by atoms with van der Waals surface area (Å²) in [6, 6.07) is 10.9. The summed E-state index contributed by atoms with van der Waals surface area (Å²) in [7, 11) is 0. The maximum Gasteiger partial charge on any atom is 0.0656 e. The standard InChI is InChI=1S/C17H27N3O/c18-17(14-21,15-4-2-1-3-5-15)8-9-19-10-12-20(13-11-19)16-6-7-16/h1-5,16,21H,6-14,18H2. The predicted octanol–water partition coefficient (Wildman–Crippen LogP) is 1.00. The molecule has 2 fully saturated rings. The third-order valence-corrected chi connectivity index (χ3v) is 4.98. The quantitative estimate of drug-likeness (QED) is 0.820. The first kappa shape index (κ1) is 15.0. The molecule has 1 aliphatic heterocycles. The van der Waals surface area contributed by atoms with Gasteiger partial charge in [-0.2, -0.15) is 0 Å². The first-order valence-electron chi connectivity index (χ1n) is 8.13. The summed E-state index contributed by atoms with van der Waals surface area (Å²) >= 11 is 0. The first-order valence-corrected chi connectivity index (χ1v) is 8.13. The molecule has 1 saturated heterocycles. The van der Waals surface area contributed by atoms with Crippen LogP contribution in [0.25, 0.3) is 0 Å². The van der Waals surface area contributed by atoms with Crippen molar-refractivity contribution in [2.45, 2.75) is 30.8 Å². The van der Waals surface area contributed by atoms with Gasteiger partial charge >= 0.3 is 0 Å². The molecule has 1 aliphatic carbocycles. The van der Waals surface area contributed by atoms with Crippen molar-refractivity contribution in [3.8, 4) is 0 Å². The van der Waals surface area contributed by atoms with Crippen LogP contribution in [-0.2, 0) is 5.54 Å². The van der Waals surface area contributed by atoms with Crippen LogP contribution in [0.1, 0.15) is 24.8 Å². The van der Waals surface area contributed by atoms with Crippen LogP contribution in [0.3, 0.4) is 0 Å². The van der Waals surface area contributed by atoms with Gasteiger partial charge in [0.05, 0.1) is 12.1 Å². The lowest BCUT2D eigenvalue weighted by molar-refractivity contribution is 0.108. The molecule has 4 nitrogen and oxygen atoms in total. The fourth-order valence-electron chi connectivity index (χ4n) is 3.23. The summed E-state index contributed by atoms with van der Waals surface area (Å²) in [6.45, 7) is 5.60. The van der Waals surface area contributed by atoms with E-state index in [0.29, 0.717) is 0 Å². The van der Waals surface area contributed by atoms with Crippen LogP contribution in [0.2, 0.25) is 0 Å². The van der Waals surface area contributed by atoms with Gasteiger partial charge in [0.25, 0.3) is 0 Å². The summed E-state index contributed by atoms with van der Waals surface area (Å²) < 4.78 is 0. The molecular weight excluding hydrogens is 262 g/mol. The number of aliphatic hydroxyl groups excluding tert-OH is 1. The summed E-state index contributed by atoms with van der Waals surface area (Å²) in [5.41, 5.74) is 6.85. The highest BCUT2D eigenvalue weighted by Crippen LogP contribution is 2.28. The number of nitrogens with zero attached hydrogens (tertiary/aromatic N) is 2. The Balaban J connectivity index is 1.51. The van der Waals surface area contributed by atoms with Gasteiger partial charge in [-0.15, -0.1) is 0 Å². The van der Waals surface area contributed by atoms with Gasteiger partial charge in [-0.05, 0) is 24.8 Å². The lowest BCUT2D eigenvalue weighted by atomic mass is 9.88. The van der Waals surface area contributed by atoms with Crippen molar-refractivity contribution in [3.63, 3.8) is 0 Å². The van der Waals surface area contributed by atoms with E-state index >= 15 is 0 Å². The summed E-state index contributed by atoms with van der Waals surface area (Å²) in [5.74, 6) is 0. The number of hydrogen-bond acceptors (Lipinski definition) is 4. The predicted molar refractivity (Wildman–Crippen MR) is 85.0 cm³/mol. The van der Waals surface area contributed by atoms with Crippen molar-refractivity contribution in [2.24, 2.45) is 5.73 Å². The van der Waals surface area contributed by atoms with Crippen molar-refractivity contribution >= 4 is 0 Å². The Kier molecular flexibility index (Phi) is 4.60. The molecule has 1 heterocycles. The molecule has 116 valence electrons. The molecule has 0 bridgehead atoms. The van der Waals surface area contributed by atoms with Crippen molar-refractivity contribution in [1.82, 2.24) is 9.80 Å².